The number of fused-ring (bicyclic) bond motifs is 1. The first-order valence-corrected chi connectivity index (χ1v) is 4.75. The molecule has 68 valence electrons. The van der Waals surface area contributed by atoms with Crippen molar-refractivity contribution in [3.05, 3.63) is 47.0 Å². The second kappa shape index (κ2) is 3.75. The van der Waals surface area contributed by atoms with Gasteiger partial charge in [-0.3, -0.25) is 0 Å². The van der Waals surface area contributed by atoms with Crippen LogP contribution in [0.25, 0.3) is 0 Å². The summed E-state index contributed by atoms with van der Waals surface area (Å²) < 4.78 is 0. The van der Waals surface area contributed by atoms with E-state index in [0.29, 0.717) is 0 Å². The van der Waals surface area contributed by atoms with Crippen molar-refractivity contribution in [2.24, 2.45) is 0 Å². The minimum Gasteiger partial charge on any atom is -0.396 e. The van der Waals surface area contributed by atoms with Crippen molar-refractivity contribution in [2.45, 2.75) is 19.3 Å². The number of benzene rings is 1. The Morgan fingerprint density at radius 3 is 2.69 bits per heavy atom. The van der Waals surface area contributed by atoms with E-state index in [9.17, 15) is 0 Å². The standard InChI is InChI=1S/C12H14O/c13-8-7-10-5-6-11-3-1-2-4-12(11)9-10/h1-5,13H,6-9H2. The molecule has 0 fully saturated rings. The van der Waals surface area contributed by atoms with Gasteiger partial charge in [0.05, 0.1) is 0 Å². The Morgan fingerprint density at radius 1 is 1.15 bits per heavy atom. The fourth-order valence-corrected chi connectivity index (χ4v) is 1.83. The van der Waals surface area contributed by atoms with Gasteiger partial charge >= 0.3 is 0 Å². The molecule has 0 heterocycles. The molecule has 1 aliphatic carbocycles. The van der Waals surface area contributed by atoms with Crippen LogP contribution >= 0.6 is 0 Å². The van der Waals surface area contributed by atoms with Crippen molar-refractivity contribution >= 4 is 0 Å². The minimum atomic E-state index is 0.272. The molecule has 13 heavy (non-hydrogen) atoms. The number of rotatable bonds is 2. The summed E-state index contributed by atoms with van der Waals surface area (Å²) in [5, 5.41) is 8.83. The second-order valence-corrected chi connectivity index (χ2v) is 3.49. The fourth-order valence-electron chi connectivity index (χ4n) is 1.83. The smallest absolute Gasteiger partial charge is 0.0468 e. The summed E-state index contributed by atoms with van der Waals surface area (Å²) in [4.78, 5) is 0. The second-order valence-electron chi connectivity index (χ2n) is 3.49. The van der Waals surface area contributed by atoms with Gasteiger partial charge in [0, 0.05) is 6.61 Å². The molecule has 0 radical (unpaired) electrons. The van der Waals surface area contributed by atoms with Gasteiger partial charge in [0.1, 0.15) is 0 Å². The largest absolute Gasteiger partial charge is 0.396 e. The van der Waals surface area contributed by atoms with Gasteiger partial charge in [0.2, 0.25) is 0 Å². The molecular formula is C12H14O. The normalized spacial score (nSPS) is 15.0. The maximum absolute atomic E-state index is 8.83. The van der Waals surface area contributed by atoms with Gasteiger partial charge in [0.25, 0.3) is 0 Å². The van der Waals surface area contributed by atoms with E-state index in [-0.39, 0.29) is 6.61 Å². The monoisotopic (exact) mass is 174 g/mol. The summed E-state index contributed by atoms with van der Waals surface area (Å²) in [6.45, 7) is 0.272. The van der Waals surface area contributed by atoms with Crippen LogP contribution in [0.1, 0.15) is 17.5 Å². The predicted molar refractivity (Wildman–Crippen MR) is 53.6 cm³/mol. The van der Waals surface area contributed by atoms with Crippen LogP contribution in [0, 0.1) is 0 Å². The molecule has 0 aromatic heterocycles. The number of hydrogen-bond donors (Lipinski definition) is 1. The third-order valence-electron chi connectivity index (χ3n) is 2.58. The lowest BCUT2D eigenvalue weighted by atomic mass is 9.90. The third kappa shape index (κ3) is 1.81. The van der Waals surface area contributed by atoms with E-state index in [4.69, 9.17) is 5.11 Å². The molecular weight excluding hydrogens is 160 g/mol. The molecule has 1 aliphatic rings. The molecule has 0 bridgehead atoms. The molecule has 0 saturated heterocycles. The van der Waals surface area contributed by atoms with Crippen LogP contribution in [0.5, 0.6) is 0 Å². The lowest BCUT2D eigenvalue weighted by Gasteiger charge is -2.15. The number of aliphatic hydroxyl groups is 1. The van der Waals surface area contributed by atoms with Crippen LogP contribution in [-0.2, 0) is 12.8 Å². The summed E-state index contributed by atoms with van der Waals surface area (Å²) in [6.07, 6.45) is 5.13. The van der Waals surface area contributed by atoms with Gasteiger partial charge in [-0.25, -0.2) is 0 Å². The number of allylic oxidation sites excluding steroid dienone is 1. The molecule has 0 spiro atoms. The van der Waals surface area contributed by atoms with Gasteiger partial charge in [-0.2, -0.15) is 0 Å². The van der Waals surface area contributed by atoms with Crippen molar-refractivity contribution in [1.82, 2.24) is 0 Å². The average Bonchev–Trinajstić information content (AvgIpc) is 2.18. The van der Waals surface area contributed by atoms with Crippen molar-refractivity contribution in [1.29, 1.82) is 0 Å². The van der Waals surface area contributed by atoms with Crippen LogP contribution in [0.2, 0.25) is 0 Å². The van der Waals surface area contributed by atoms with E-state index < -0.39 is 0 Å². The van der Waals surface area contributed by atoms with Crippen molar-refractivity contribution in [2.75, 3.05) is 6.61 Å². The van der Waals surface area contributed by atoms with E-state index in [0.717, 1.165) is 19.3 Å². The number of aliphatic hydroxyl groups excluding tert-OH is 1. The van der Waals surface area contributed by atoms with Crippen LogP contribution in [-0.4, -0.2) is 11.7 Å². The topological polar surface area (TPSA) is 20.2 Å². The Kier molecular flexibility index (Phi) is 2.46. The lowest BCUT2D eigenvalue weighted by molar-refractivity contribution is 0.298. The average molecular weight is 174 g/mol. The first-order chi connectivity index (χ1) is 6.40. The Morgan fingerprint density at radius 2 is 1.92 bits per heavy atom. The fraction of sp³-hybridized carbons (Fsp3) is 0.333. The van der Waals surface area contributed by atoms with Crippen molar-refractivity contribution < 1.29 is 5.11 Å². The molecule has 1 nitrogen and oxygen atoms in total. The van der Waals surface area contributed by atoms with Crippen molar-refractivity contribution in [3.8, 4) is 0 Å². The van der Waals surface area contributed by atoms with Crippen LogP contribution in [0.15, 0.2) is 35.9 Å². The van der Waals surface area contributed by atoms with Crippen LogP contribution in [0.4, 0.5) is 0 Å². The van der Waals surface area contributed by atoms with Gasteiger partial charge in [0.15, 0.2) is 0 Å². The van der Waals surface area contributed by atoms with E-state index in [1.165, 1.54) is 16.7 Å². The molecule has 0 amide bonds. The van der Waals surface area contributed by atoms with Crippen molar-refractivity contribution in [3.63, 3.8) is 0 Å². The van der Waals surface area contributed by atoms with Gasteiger partial charge in [-0.1, -0.05) is 35.9 Å². The number of hydrogen-bond acceptors (Lipinski definition) is 1. The first-order valence-electron chi connectivity index (χ1n) is 4.75. The summed E-state index contributed by atoms with van der Waals surface area (Å²) in [7, 11) is 0. The molecule has 1 aromatic carbocycles. The zero-order valence-electron chi connectivity index (χ0n) is 7.66. The molecule has 1 heteroatoms. The maximum Gasteiger partial charge on any atom is 0.0468 e. The summed E-state index contributed by atoms with van der Waals surface area (Å²) in [5.41, 5.74) is 4.24. The van der Waals surface area contributed by atoms with Crippen LogP contribution in [0.3, 0.4) is 0 Å². The van der Waals surface area contributed by atoms with Gasteiger partial charge in [-0.05, 0) is 30.4 Å². The summed E-state index contributed by atoms with van der Waals surface area (Å²) in [5.74, 6) is 0. The molecule has 0 unspecified atom stereocenters. The molecule has 0 saturated carbocycles. The summed E-state index contributed by atoms with van der Waals surface area (Å²) in [6, 6.07) is 8.53. The molecule has 0 aliphatic heterocycles. The molecule has 0 atom stereocenters. The Balaban J connectivity index is 2.18. The SMILES string of the molecule is OCCC1=CCc2ccccc2C1. The van der Waals surface area contributed by atoms with Gasteiger partial charge < -0.3 is 5.11 Å². The van der Waals surface area contributed by atoms with Gasteiger partial charge in [-0.15, -0.1) is 0 Å². The predicted octanol–water partition coefficient (Wildman–Crippen LogP) is 2.09. The summed E-state index contributed by atoms with van der Waals surface area (Å²) >= 11 is 0. The third-order valence-corrected chi connectivity index (χ3v) is 2.58. The van der Waals surface area contributed by atoms with E-state index in [1.54, 1.807) is 0 Å². The van der Waals surface area contributed by atoms with E-state index in [2.05, 4.69) is 30.3 Å². The Hall–Kier alpha value is -1.08. The Bertz CT molecular complexity index is 326. The van der Waals surface area contributed by atoms with E-state index >= 15 is 0 Å². The highest BCUT2D eigenvalue weighted by Gasteiger charge is 2.08. The van der Waals surface area contributed by atoms with Crippen LogP contribution < -0.4 is 0 Å². The Labute approximate surface area is 78.7 Å². The highest BCUT2D eigenvalue weighted by atomic mass is 16.2. The molecule has 1 N–H and O–H groups in total. The molecule has 1 aromatic rings. The highest BCUT2D eigenvalue weighted by molar-refractivity contribution is 5.36. The minimum absolute atomic E-state index is 0.272. The first kappa shape index (κ1) is 8.52. The van der Waals surface area contributed by atoms with E-state index in [1.807, 2.05) is 0 Å². The zero-order valence-corrected chi connectivity index (χ0v) is 7.66. The zero-order chi connectivity index (χ0) is 9.10. The maximum atomic E-state index is 8.83. The molecule has 2 rings (SSSR count). The highest BCUT2D eigenvalue weighted by Crippen LogP contribution is 2.21. The quantitative estimate of drug-likeness (QED) is 0.681. The lowest BCUT2D eigenvalue weighted by Crippen LogP contribution is -2.03.